The van der Waals surface area contributed by atoms with E-state index in [1.165, 1.54) is 0 Å². The van der Waals surface area contributed by atoms with Crippen LogP contribution in [0.2, 0.25) is 0 Å². The minimum absolute atomic E-state index is 0.277. The molecule has 2 aliphatic rings. The van der Waals surface area contributed by atoms with Gasteiger partial charge in [-0.3, -0.25) is 4.68 Å². The lowest BCUT2D eigenvalue weighted by Crippen LogP contribution is -2.39. The molecule has 2 aliphatic heterocycles. The number of aromatic nitrogens is 3. The van der Waals surface area contributed by atoms with Crippen LogP contribution in [0.25, 0.3) is 32.6 Å². The van der Waals surface area contributed by atoms with Gasteiger partial charge >= 0.3 is 0 Å². The van der Waals surface area contributed by atoms with Crippen molar-refractivity contribution in [2.24, 2.45) is 11.7 Å². The number of hydrogen-bond acceptors (Lipinski definition) is 7. The van der Waals surface area contributed by atoms with Crippen LogP contribution in [0.3, 0.4) is 0 Å². The SMILES string of the molecule is N#Cc1ccc(-c2nc(N3CCC(N)CC3)sc2-c2ccc3c(cnn3CC3COC3)c2)cc1. The highest BCUT2D eigenvalue weighted by Crippen LogP contribution is 2.41. The summed E-state index contributed by atoms with van der Waals surface area (Å²) in [5.41, 5.74) is 11.0. The van der Waals surface area contributed by atoms with E-state index < -0.39 is 0 Å². The van der Waals surface area contributed by atoms with Crippen molar-refractivity contribution in [1.82, 2.24) is 14.8 Å². The number of benzene rings is 2. The molecule has 0 amide bonds. The summed E-state index contributed by atoms with van der Waals surface area (Å²) < 4.78 is 7.41. The fourth-order valence-electron chi connectivity index (χ4n) is 4.64. The number of fused-ring (bicyclic) bond motifs is 1. The Bertz CT molecular complexity index is 1360. The molecule has 6 rings (SSSR count). The van der Waals surface area contributed by atoms with Gasteiger partial charge < -0.3 is 15.4 Å². The molecule has 0 radical (unpaired) electrons. The maximum absolute atomic E-state index is 9.21. The molecule has 4 aromatic rings. The van der Waals surface area contributed by atoms with Crippen molar-refractivity contribution in [2.45, 2.75) is 25.4 Å². The van der Waals surface area contributed by atoms with E-state index in [2.05, 4.69) is 38.9 Å². The normalized spacial score (nSPS) is 17.1. The third-order valence-electron chi connectivity index (χ3n) is 6.76. The van der Waals surface area contributed by atoms with Crippen molar-refractivity contribution in [1.29, 1.82) is 5.26 Å². The number of nitrogens with two attached hydrogens (primary N) is 1. The number of nitrogens with zero attached hydrogens (tertiary/aromatic N) is 5. The maximum atomic E-state index is 9.21. The van der Waals surface area contributed by atoms with E-state index in [1.54, 1.807) is 11.3 Å². The molecule has 0 aliphatic carbocycles. The van der Waals surface area contributed by atoms with Crippen molar-refractivity contribution in [2.75, 3.05) is 31.2 Å². The summed E-state index contributed by atoms with van der Waals surface area (Å²) in [6.45, 7) is 4.38. The Labute approximate surface area is 202 Å². The third kappa shape index (κ3) is 3.96. The van der Waals surface area contributed by atoms with Gasteiger partial charge in [0.05, 0.1) is 47.1 Å². The average Bonchev–Trinajstić information content (AvgIpc) is 3.46. The molecule has 34 heavy (non-hydrogen) atoms. The minimum Gasteiger partial charge on any atom is -0.381 e. The molecule has 0 atom stereocenters. The largest absolute Gasteiger partial charge is 0.381 e. The third-order valence-corrected chi connectivity index (χ3v) is 7.92. The lowest BCUT2D eigenvalue weighted by molar-refractivity contribution is -0.0403. The Morgan fingerprint density at radius 2 is 1.85 bits per heavy atom. The van der Waals surface area contributed by atoms with E-state index in [9.17, 15) is 5.26 Å². The van der Waals surface area contributed by atoms with E-state index in [0.29, 0.717) is 11.5 Å². The zero-order valence-corrected chi connectivity index (χ0v) is 19.7. The van der Waals surface area contributed by atoms with Crippen LogP contribution in [0.15, 0.2) is 48.7 Å². The number of rotatable bonds is 5. The van der Waals surface area contributed by atoms with Gasteiger partial charge in [-0.25, -0.2) is 4.98 Å². The summed E-state index contributed by atoms with van der Waals surface area (Å²) >= 11 is 1.73. The molecule has 4 heterocycles. The molecule has 7 nitrogen and oxygen atoms in total. The van der Waals surface area contributed by atoms with Gasteiger partial charge in [0.25, 0.3) is 0 Å². The monoisotopic (exact) mass is 470 g/mol. The minimum atomic E-state index is 0.277. The zero-order valence-electron chi connectivity index (χ0n) is 18.9. The highest BCUT2D eigenvalue weighted by atomic mass is 32.1. The van der Waals surface area contributed by atoms with E-state index >= 15 is 0 Å². The van der Waals surface area contributed by atoms with Gasteiger partial charge in [0.2, 0.25) is 0 Å². The Kier molecular flexibility index (Phi) is 5.53. The van der Waals surface area contributed by atoms with Crippen molar-refractivity contribution >= 4 is 27.4 Å². The summed E-state index contributed by atoms with van der Waals surface area (Å²) in [5.74, 6) is 0.549. The van der Waals surface area contributed by atoms with Gasteiger partial charge in [0.15, 0.2) is 5.13 Å². The second-order valence-corrected chi connectivity index (χ2v) is 10.2. The molecule has 8 heteroatoms. The van der Waals surface area contributed by atoms with Crippen molar-refractivity contribution in [3.05, 3.63) is 54.2 Å². The summed E-state index contributed by atoms with van der Waals surface area (Å²) in [6.07, 6.45) is 3.92. The van der Waals surface area contributed by atoms with Crippen LogP contribution in [0.4, 0.5) is 5.13 Å². The Balaban J connectivity index is 1.39. The van der Waals surface area contributed by atoms with Crippen LogP contribution in [0, 0.1) is 17.2 Å². The standard InChI is InChI=1S/C26H26N6OS/c27-12-17-1-3-19(4-2-17)24-25(34-26(30-24)31-9-7-22(28)8-10-31)20-5-6-23-21(11-20)13-29-32(23)14-18-15-33-16-18/h1-6,11,13,18,22H,7-10,14-16,28H2. The fraction of sp³-hybridized carbons (Fsp3) is 0.346. The van der Waals surface area contributed by atoms with Gasteiger partial charge in [-0.2, -0.15) is 10.4 Å². The first-order valence-electron chi connectivity index (χ1n) is 11.7. The first-order valence-corrected chi connectivity index (χ1v) is 12.5. The fourth-order valence-corrected chi connectivity index (χ4v) is 5.77. The van der Waals surface area contributed by atoms with Crippen LogP contribution >= 0.6 is 11.3 Å². The second-order valence-electron chi connectivity index (χ2n) is 9.19. The molecule has 2 fully saturated rings. The quantitative estimate of drug-likeness (QED) is 0.468. The lowest BCUT2D eigenvalue weighted by atomic mass is 10.0. The lowest BCUT2D eigenvalue weighted by Gasteiger charge is -2.29. The van der Waals surface area contributed by atoms with Crippen molar-refractivity contribution in [3.63, 3.8) is 0 Å². The highest BCUT2D eigenvalue weighted by molar-refractivity contribution is 7.19. The molecule has 2 aromatic carbocycles. The zero-order chi connectivity index (χ0) is 23.1. The number of piperidine rings is 1. The first-order chi connectivity index (χ1) is 16.7. The predicted molar refractivity (Wildman–Crippen MR) is 135 cm³/mol. The topological polar surface area (TPSA) is 93.0 Å². The Hall–Kier alpha value is -3.25. The number of nitriles is 1. The Morgan fingerprint density at radius 1 is 1.09 bits per heavy atom. The molecule has 2 saturated heterocycles. The number of hydrogen-bond donors (Lipinski definition) is 1. The molecule has 0 bridgehead atoms. The summed E-state index contributed by atoms with van der Waals surface area (Å²) in [6, 6.07) is 16.7. The predicted octanol–water partition coefficient (Wildman–Crippen LogP) is 4.27. The van der Waals surface area contributed by atoms with Gasteiger partial charge in [-0.05, 0) is 42.7 Å². The van der Waals surface area contributed by atoms with Crippen LogP contribution in [-0.2, 0) is 11.3 Å². The summed E-state index contributed by atoms with van der Waals surface area (Å²) in [7, 11) is 0. The maximum Gasteiger partial charge on any atom is 0.186 e. The van der Waals surface area contributed by atoms with Gasteiger partial charge in [-0.1, -0.05) is 29.5 Å². The molecule has 2 aromatic heterocycles. The van der Waals surface area contributed by atoms with Crippen molar-refractivity contribution in [3.8, 4) is 27.8 Å². The molecular formula is C26H26N6OS. The summed E-state index contributed by atoms with van der Waals surface area (Å²) in [4.78, 5) is 8.58. The van der Waals surface area contributed by atoms with Crippen molar-refractivity contribution < 1.29 is 4.74 Å². The van der Waals surface area contributed by atoms with Gasteiger partial charge in [-0.15, -0.1) is 0 Å². The molecule has 0 unspecified atom stereocenters. The molecular weight excluding hydrogens is 444 g/mol. The van der Waals surface area contributed by atoms with Crippen LogP contribution < -0.4 is 10.6 Å². The van der Waals surface area contributed by atoms with Gasteiger partial charge in [0.1, 0.15) is 0 Å². The molecule has 2 N–H and O–H groups in total. The highest BCUT2D eigenvalue weighted by Gasteiger charge is 2.23. The number of ether oxygens (including phenoxy) is 1. The smallest absolute Gasteiger partial charge is 0.186 e. The van der Waals surface area contributed by atoms with Crippen LogP contribution in [0.5, 0.6) is 0 Å². The van der Waals surface area contributed by atoms with E-state index in [4.69, 9.17) is 15.5 Å². The molecule has 172 valence electrons. The van der Waals surface area contributed by atoms with Crippen LogP contribution in [0.1, 0.15) is 18.4 Å². The summed E-state index contributed by atoms with van der Waals surface area (Å²) in [5, 5.41) is 16.0. The van der Waals surface area contributed by atoms with E-state index in [1.807, 2.05) is 30.5 Å². The van der Waals surface area contributed by atoms with E-state index in [-0.39, 0.29) is 6.04 Å². The average molecular weight is 471 g/mol. The number of thiazole rings is 1. The van der Waals surface area contributed by atoms with E-state index in [0.717, 1.165) is 83.4 Å². The second kappa shape index (κ2) is 8.84. The first kappa shape index (κ1) is 21.3. The Morgan fingerprint density at radius 3 is 2.56 bits per heavy atom. The van der Waals surface area contributed by atoms with Gasteiger partial charge in [0, 0.05) is 42.5 Å². The number of anilines is 1. The molecule has 0 saturated carbocycles. The molecule has 0 spiro atoms. The van der Waals surface area contributed by atoms with Crippen LogP contribution in [-0.4, -0.2) is 47.1 Å².